The Morgan fingerprint density at radius 2 is 2.13 bits per heavy atom. The number of halogens is 1. The summed E-state index contributed by atoms with van der Waals surface area (Å²) < 4.78 is 13.4. The van der Waals surface area contributed by atoms with E-state index in [-0.39, 0.29) is 11.7 Å². The highest BCUT2D eigenvalue weighted by molar-refractivity contribution is 5.85. The molecule has 0 N–H and O–H groups in total. The second kappa shape index (κ2) is 3.66. The van der Waals surface area contributed by atoms with Crippen LogP contribution in [0.5, 0.6) is 0 Å². The molecule has 0 aliphatic carbocycles. The van der Waals surface area contributed by atoms with Gasteiger partial charge in [0.2, 0.25) is 0 Å². The van der Waals surface area contributed by atoms with Crippen LogP contribution in [-0.4, -0.2) is 4.98 Å². The van der Waals surface area contributed by atoms with Crippen LogP contribution >= 0.6 is 0 Å². The van der Waals surface area contributed by atoms with Crippen molar-refractivity contribution in [2.75, 3.05) is 0 Å². The third-order valence-electron chi connectivity index (χ3n) is 2.44. The second-order valence-corrected chi connectivity index (χ2v) is 3.41. The van der Waals surface area contributed by atoms with Crippen LogP contribution in [0.4, 0.5) is 4.39 Å². The molecule has 0 radical (unpaired) electrons. The largest absolute Gasteiger partial charge is 0.264 e. The van der Waals surface area contributed by atoms with E-state index in [1.807, 2.05) is 6.07 Å². The smallest absolute Gasteiger partial charge is 0.132 e. The molecule has 0 fully saturated rings. The molecule has 0 amide bonds. The van der Waals surface area contributed by atoms with Gasteiger partial charge in [0.25, 0.3) is 0 Å². The zero-order valence-corrected chi connectivity index (χ0v) is 8.24. The minimum absolute atomic E-state index is 0.275. The summed E-state index contributed by atoms with van der Waals surface area (Å²) in [7, 11) is 0. The SMILES string of the molecule is CC(C#N)c1cncc2c(F)cccc12. The maximum absolute atomic E-state index is 13.4. The molecule has 2 aromatic rings. The Morgan fingerprint density at radius 3 is 2.87 bits per heavy atom. The van der Waals surface area contributed by atoms with E-state index in [4.69, 9.17) is 5.26 Å². The van der Waals surface area contributed by atoms with Crippen LogP contribution in [0.2, 0.25) is 0 Å². The first kappa shape index (κ1) is 9.60. The number of nitriles is 1. The van der Waals surface area contributed by atoms with E-state index in [2.05, 4.69) is 11.1 Å². The topological polar surface area (TPSA) is 36.7 Å². The summed E-state index contributed by atoms with van der Waals surface area (Å²) in [5.74, 6) is -0.574. The van der Waals surface area contributed by atoms with Gasteiger partial charge in [0, 0.05) is 17.8 Å². The summed E-state index contributed by atoms with van der Waals surface area (Å²) in [5, 5.41) is 10.1. The summed E-state index contributed by atoms with van der Waals surface area (Å²) in [5.41, 5.74) is 0.773. The van der Waals surface area contributed by atoms with Crippen molar-refractivity contribution in [3.63, 3.8) is 0 Å². The average Bonchev–Trinajstić information content (AvgIpc) is 2.28. The third kappa shape index (κ3) is 1.55. The van der Waals surface area contributed by atoms with Crippen molar-refractivity contribution in [1.29, 1.82) is 5.26 Å². The van der Waals surface area contributed by atoms with E-state index < -0.39 is 0 Å². The molecule has 1 heterocycles. The highest BCUT2D eigenvalue weighted by Gasteiger charge is 2.10. The van der Waals surface area contributed by atoms with E-state index >= 15 is 0 Å². The van der Waals surface area contributed by atoms with E-state index in [0.29, 0.717) is 5.39 Å². The van der Waals surface area contributed by atoms with Crippen molar-refractivity contribution in [2.45, 2.75) is 12.8 Å². The maximum atomic E-state index is 13.4. The number of nitrogens with zero attached hydrogens (tertiary/aromatic N) is 2. The minimum Gasteiger partial charge on any atom is -0.264 e. The molecular formula is C12H9FN2. The molecule has 1 atom stereocenters. The number of rotatable bonds is 1. The lowest BCUT2D eigenvalue weighted by Crippen LogP contribution is -1.93. The Morgan fingerprint density at radius 1 is 1.33 bits per heavy atom. The highest BCUT2D eigenvalue weighted by atomic mass is 19.1. The van der Waals surface area contributed by atoms with Crippen molar-refractivity contribution in [1.82, 2.24) is 4.98 Å². The molecule has 1 aromatic heterocycles. The van der Waals surface area contributed by atoms with Crippen molar-refractivity contribution in [3.05, 3.63) is 42.0 Å². The number of fused-ring (bicyclic) bond motifs is 1. The molecular weight excluding hydrogens is 191 g/mol. The van der Waals surface area contributed by atoms with E-state index in [1.54, 1.807) is 19.2 Å². The third-order valence-corrected chi connectivity index (χ3v) is 2.44. The van der Waals surface area contributed by atoms with Gasteiger partial charge < -0.3 is 0 Å². The van der Waals surface area contributed by atoms with Crippen molar-refractivity contribution < 1.29 is 4.39 Å². The molecule has 0 spiro atoms. The lowest BCUT2D eigenvalue weighted by molar-refractivity contribution is 0.639. The first-order chi connectivity index (χ1) is 7.24. The Labute approximate surface area is 87.0 Å². The molecule has 0 bridgehead atoms. The van der Waals surface area contributed by atoms with Crippen LogP contribution in [0.15, 0.2) is 30.6 Å². The lowest BCUT2D eigenvalue weighted by atomic mass is 9.98. The van der Waals surface area contributed by atoms with Gasteiger partial charge in [-0.05, 0) is 23.9 Å². The quantitative estimate of drug-likeness (QED) is 0.709. The molecule has 1 unspecified atom stereocenters. The monoisotopic (exact) mass is 200 g/mol. The lowest BCUT2D eigenvalue weighted by Gasteiger charge is -2.07. The van der Waals surface area contributed by atoms with Gasteiger partial charge in [-0.2, -0.15) is 5.26 Å². The van der Waals surface area contributed by atoms with Crippen LogP contribution in [0.1, 0.15) is 18.4 Å². The molecule has 0 aliphatic heterocycles. The standard InChI is InChI=1S/C12H9FN2/c1-8(5-14)10-6-15-7-11-9(10)3-2-4-12(11)13/h2-4,6-8H,1H3. The molecule has 3 heteroatoms. The number of hydrogen-bond acceptors (Lipinski definition) is 2. The molecule has 0 saturated heterocycles. The van der Waals surface area contributed by atoms with Crippen molar-refractivity contribution in [3.8, 4) is 6.07 Å². The van der Waals surface area contributed by atoms with E-state index in [1.165, 1.54) is 12.3 Å². The molecule has 15 heavy (non-hydrogen) atoms. The van der Waals surface area contributed by atoms with Crippen LogP contribution < -0.4 is 0 Å². The van der Waals surface area contributed by atoms with Gasteiger partial charge in [0.05, 0.1) is 12.0 Å². The van der Waals surface area contributed by atoms with Gasteiger partial charge in [0.1, 0.15) is 5.82 Å². The van der Waals surface area contributed by atoms with Crippen LogP contribution in [0.3, 0.4) is 0 Å². The van der Waals surface area contributed by atoms with Gasteiger partial charge >= 0.3 is 0 Å². The van der Waals surface area contributed by atoms with Gasteiger partial charge in [0.15, 0.2) is 0 Å². The molecule has 2 rings (SSSR count). The van der Waals surface area contributed by atoms with Crippen molar-refractivity contribution in [2.24, 2.45) is 0 Å². The average molecular weight is 200 g/mol. The molecule has 0 aliphatic rings. The normalized spacial score (nSPS) is 12.3. The van der Waals surface area contributed by atoms with E-state index in [0.717, 1.165) is 10.9 Å². The highest BCUT2D eigenvalue weighted by Crippen LogP contribution is 2.25. The number of benzene rings is 1. The summed E-state index contributed by atoms with van der Waals surface area (Å²) in [4.78, 5) is 3.95. The molecule has 2 nitrogen and oxygen atoms in total. The first-order valence-corrected chi connectivity index (χ1v) is 4.66. The van der Waals surface area contributed by atoms with Crippen LogP contribution in [0.25, 0.3) is 10.8 Å². The number of pyridine rings is 1. The Hall–Kier alpha value is -1.95. The molecule has 1 aromatic carbocycles. The summed E-state index contributed by atoms with van der Waals surface area (Å²) in [6, 6.07) is 6.98. The Balaban J connectivity index is 2.78. The van der Waals surface area contributed by atoms with Crippen LogP contribution in [0, 0.1) is 17.1 Å². The summed E-state index contributed by atoms with van der Waals surface area (Å²) in [6.45, 7) is 1.78. The van der Waals surface area contributed by atoms with Crippen molar-refractivity contribution >= 4 is 10.8 Å². The Bertz CT molecular complexity index is 543. The van der Waals surface area contributed by atoms with Gasteiger partial charge in [-0.15, -0.1) is 0 Å². The fraction of sp³-hybridized carbons (Fsp3) is 0.167. The zero-order chi connectivity index (χ0) is 10.8. The van der Waals surface area contributed by atoms with Crippen LogP contribution in [-0.2, 0) is 0 Å². The zero-order valence-electron chi connectivity index (χ0n) is 8.24. The fourth-order valence-corrected chi connectivity index (χ4v) is 1.60. The maximum Gasteiger partial charge on any atom is 0.132 e. The number of hydrogen-bond donors (Lipinski definition) is 0. The fourth-order valence-electron chi connectivity index (χ4n) is 1.60. The van der Waals surface area contributed by atoms with Gasteiger partial charge in [-0.25, -0.2) is 4.39 Å². The first-order valence-electron chi connectivity index (χ1n) is 4.66. The van der Waals surface area contributed by atoms with Gasteiger partial charge in [-0.1, -0.05) is 12.1 Å². The minimum atomic E-state index is -0.299. The molecule has 74 valence electrons. The van der Waals surface area contributed by atoms with Gasteiger partial charge in [-0.3, -0.25) is 4.98 Å². The summed E-state index contributed by atoms with van der Waals surface area (Å²) >= 11 is 0. The predicted octanol–water partition coefficient (Wildman–Crippen LogP) is 3.00. The number of aromatic nitrogens is 1. The predicted molar refractivity (Wildman–Crippen MR) is 55.7 cm³/mol. The molecule has 0 saturated carbocycles. The second-order valence-electron chi connectivity index (χ2n) is 3.41. The summed E-state index contributed by atoms with van der Waals surface area (Å²) in [6.07, 6.45) is 3.11. The van der Waals surface area contributed by atoms with E-state index in [9.17, 15) is 4.39 Å². The Kier molecular flexibility index (Phi) is 2.34.